The molecule has 0 bridgehead atoms. The van der Waals surface area contributed by atoms with Crippen molar-refractivity contribution in [1.82, 2.24) is 5.32 Å². The summed E-state index contributed by atoms with van der Waals surface area (Å²) in [6.45, 7) is 9.33. The molecule has 4 heteroatoms. The van der Waals surface area contributed by atoms with Gasteiger partial charge in [-0.25, -0.2) is 0 Å². The Balaban J connectivity index is 1.90. The molecule has 1 saturated carbocycles. The predicted octanol–water partition coefficient (Wildman–Crippen LogP) is 1.57. The van der Waals surface area contributed by atoms with Crippen LogP contribution in [-0.2, 0) is 9.47 Å². The second kappa shape index (κ2) is 6.53. The van der Waals surface area contributed by atoms with Crippen molar-refractivity contribution >= 4 is 0 Å². The largest absolute Gasteiger partial charge is 0.392 e. The van der Waals surface area contributed by atoms with E-state index in [1.165, 1.54) is 0 Å². The average molecular weight is 271 g/mol. The summed E-state index contributed by atoms with van der Waals surface area (Å²) >= 11 is 0. The molecule has 0 amide bonds. The molecule has 2 fully saturated rings. The highest BCUT2D eigenvalue weighted by Crippen LogP contribution is 2.50. The lowest BCUT2D eigenvalue weighted by Crippen LogP contribution is -2.66. The van der Waals surface area contributed by atoms with Crippen molar-refractivity contribution in [2.75, 3.05) is 26.4 Å². The predicted molar refractivity (Wildman–Crippen MR) is 75.2 cm³/mol. The lowest BCUT2D eigenvalue weighted by atomic mass is 9.57. The van der Waals surface area contributed by atoms with Gasteiger partial charge in [-0.3, -0.25) is 0 Å². The zero-order valence-corrected chi connectivity index (χ0v) is 12.5. The third kappa shape index (κ3) is 3.13. The Bertz CT molecular complexity index is 277. The van der Waals surface area contributed by atoms with E-state index >= 15 is 0 Å². The maximum absolute atomic E-state index is 9.93. The van der Waals surface area contributed by atoms with Crippen LogP contribution in [0.25, 0.3) is 0 Å². The van der Waals surface area contributed by atoms with Crippen molar-refractivity contribution in [1.29, 1.82) is 0 Å². The van der Waals surface area contributed by atoms with Gasteiger partial charge in [0.05, 0.1) is 12.2 Å². The third-order valence-electron chi connectivity index (χ3n) is 4.92. The molecule has 3 unspecified atom stereocenters. The SMILES string of the molecule is CCOC1CC(NCC(O)C(C)C)C12CCOCC2. The summed E-state index contributed by atoms with van der Waals surface area (Å²) in [6.07, 6.45) is 3.33. The van der Waals surface area contributed by atoms with E-state index in [0.717, 1.165) is 39.1 Å². The molecule has 19 heavy (non-hydrogen) atoms. The maximum atomic E-state index is 9.93. The molecule has 3 atom stereocenters. The van der Waals surface area contributed by atoms with Crippen molar-refractivity contribution in [3.05, 3.63) is 0 Å². The number of hydrogen-bond acceptors (Lipinski definition) is 4. The third-order valence-corrected chi connectivity index (χ3v) is 4.92. The van der Waals surface area contributed by atoms with E-state index in [9.17, 15) is 5.11 Å². The second-order valence-corrected chi connectivity index (χ2v) is 6.30. The van der Waals surface area contributed by atoms with E-state index in [1.54, 1.807) is 0 Å². The number of aliphatic hydroxyl groups excluding tert-OH is 1. The second-order valence-electron chi connectivity index (χ2n) is 6.30. The molecule has 0 radical (unpaired) electrons. The van der Waals surface area contributed by atoms with Crippen LogP contribution in [0.15, 0.2) is 0 Å². The molecule has 2 N–H and O–H groups in total. The fourth-order valence-electron chi connectivity index (χ4n) is 3.39. The quantitative estimate of drug-likeness (QED) is 0.770. The van der Waals surface area contributed by atoms with E-state index in [0.29, 0.717) is 24.6 Å². The Morgan fingerprint density at radius 3 is 2.63 bits per heavy atom. The average Bonchev–Trinajstić information content (AvgIpc) is 2.42. The Morgan fingerprint density at radius 1 is 1.37 bits per heavy atom. The van der Waals surface area contributed by atoms with Crippen LogP contribution in [0.3, 0.4) is 0 Å². The zero-order valence-electron chi connectivity index (χ0n) is 12.5. The van der Waals surface area contributed by atoms with Crippen LogP contribution >= 0.6 is 0 Å². The summed E-state index contributed by atoms with van der Waals surface area (Å²) in [4.78, 5) is 0. The van der Waals surface area contributed by atoms with E-state index in [4.69, 9.17) is 9.47 Å². The minimum absolute atomic E-state index is 0.241. The van der Waals surface area contributed by atoms with Gasteiger partial charge in [0.1, 0.15) is 0 Å². The highest BCUT2D eigenvalue weighted by molar-refractivity contribution is 5.08. The molecule has 2 rings (SSSR count). The van der Waals surface area contributed by atoms with Gasteiger partial charge in [0.2, 0.25) is 0 Å². The van der Waals surface area contributed by atoms with Gasteiger partial charge in [0.15, 0.2) is 0 Å². The molecule has 1 spiro atoms. The van der Waals surface area contributed by atoms with E-state index in [2.05, 4.69) is 26.1 Å². The number of aliphatic hydroxyl groups is 1. The van der Waals surface area contributed by atoms with Crippen molar-refractivity contribution in [2.45, 2.75) is 58.3 Å². The van der Waals surface area contributed by atoms with E-state index in [1.807, 2.05) is 0 Å². The van der Waals surface area contributed by atoms with E-state index in [-0.39, 0.29) is 11.5 Å². The van der Waals surface area contributed by atoms with Crippen LogP contribution in [0.1, 0.15) is 40.0 Å². The summed E-state index contributed by atoms with van der Waals surface area (Å²) in [5, 5.41) is 13.5. The lowest BCUT2D eigenvalue weighted by Gasteiger charge is -2.57. The van der Waals surface area contributed by atoms with Gasteiger partial charge in [-0.05, 0) is 32.1 Å². The first-order valence-electron chi connectivity index (χ1n) is 7.71. The highest BCUT2D eigenvalue weighted by Gasteiger charge is 2.55. The van der Waals surface area contributed by atoms with Gasteiger partial charge in [-0.15, -0.1) is 0 Å². The van der Waals surface area contributed by atoms with Gasteiger partial charge in [-0.1, -0.05) is 13.8 Å². The minimum Gasteiger partial charge on any atom is -0.392 e. The Labute approximate surface area is 116 Å². The Kier molecular flexibility index (Phi) is 5.23. The highest BCUT2D eigenvalue weighted by atomic mass is 16.5. The van der Waals surface area contributed by atoms with Crippen LogP contribution < -0.4 is 5.32 Å². The topological polar surface area (TPSA) is 50.7 Å². The molecule has 0 aromatic heterocycles. The summed E-state index contributed by atoms with van der Waals surface area (Å²) in [6, 6.07) is 0.473. The van der Waals surface area contributed by atoms with Gasteiger partial charge >= 0.3 is 0 Å². The zero-order chi connectivity index (χ0) is 13.9. The summed E-state index contributed by atoms with van der Waals surface area (Å²) in [5.41, 5.74) is 0.241. The Morgan fingerprint density at radius 2 is 2.05 bits per heavy atom. The molecular weight excluding hydrogens is 242 g/mol. The summed E-state index contributed by atoms with van der Waals surface area (Å²) in [5.74, 6) is 0.306. The van der Waals surface area contributed by atoms with Crippen molar-refractivity contribution < 1.29 is 14.6 Å². The standard InChI is InChI=1S/C15H29NO3/c1-4-19-14-9-13(16-10-12(17)11(2)3)15(14)5-7-18-8-6-15/h11-14,16-17H,4-10H2,1-3H3. The van der Waals surface area contributed by atoms with Gasteiger partial charge < -0.3 is 19.9 Å². The fourth-order valence-corrected chi connectivity index (χ4v) is 3.39. The lowest BCUT2D eigenvalue weighted by molar-refractivity contribution is -0.173. The van der Waals surface area contributed by atoms with Crippen LogP contribution in [0.5, 0.6) is 0 Å². The van der Waals surface area contributed by atoms with Crippen molar-refractivity contribution in [3.63, 3.8) is 0 Å². The van der Waals surface area contributed by atoms with Crippen molar-refractivity contribution in [2.24, 2.45) is 11.3 Å². The first-order chi connectivity index (χ1) is 9.10. The molecule has 1 heterocycles. The Hall–Kier alpha value is -0.160. The normalized spacial score (nSPS) is 31.4. The monoisotopic (exact) mass is 271 g/mol. The van der Waals surface area contributed by atoms with Crippen LogP contribution in [0, 0.1) is 11.3 Å². The fraction of sp³-hybridized carbons (Fsp3) is 1.00. The van der Waals surface area contributed by atoms with Gasteiger partial charge in [0, 0.05) is 37.8 Å². The first kappa shape index (κ1) is 15.2. The number of rotatable bonds is 6. The maximum Gasteiger partial charge on any atom is 0.0687 e. The number of ether oxygens (including phenoxy) is 2. The number of nitrogens with one attached hydrogen (secondary N) is 1. The number of hydrogen-bond donors (Lipinski definition) is 2. The molecule has 112 valence electrons. The summed E-state index contributed by atoms with van der Waals surface area (Å²) in [7, 11) is 0. The molecule has 1 aliphatic carbocycles. The molecule has 4 nitrogen and oxygen atoms in total. The molecule has 0 aromatic rings. The van der Waals surface area contributed by atoms with Crippen LogP contribution in [0.2, 0.25) is 0 Å². The molecule has 1 saturated heterocycles. The van der Waals surface area contributed by atoms with Gasteiger partial charge in [-0.2, -0.15) is 0 Å². The molecule has 0 aromatic carbocycles. The minimum atomic E-state index is -0.261. The van der Waals surface area contributed by atoms with Crippen molar-refractivity contribution in [3.8, 4) is 0 Å². The van der Waals surface area contributed by atoms with Crippen LogP contribution in [-0.4, -0.2) is 49.7 Å². The van der Waals surface area contributed by atoms with E-state index < -0.39 is 0 Å². The first-order valence-corrected chi connectivity index (χ1v) is 7.71. The van der Waals surface area contributed by atoms with Crippen LogP contribution in [0.4, 0.5) is 0 Å². The molecular formula is C15H29NO3. The smallest absolute Gasteiger partial charge is 0.0687 e. The molecule has 2 aliphatic rings. The summed E-state index contributed by atoms with van der Waals surface area (Å²) < 4.78 is 11.4. The molecule has 1 aliphatic heterocycles. The van der Waals surface area contributed by atoms with Gasteiger partial charge in [0.25, 0.3) is 0 Å².